The van der Waals surface area contributed by atoms with Crippen molar-refractivity contribution in [3.05, 3.63) is 0 Å². The molecular weight excluding hydrogens is 436 g/mol. The molecule has 4 aliphatic carbocycles. The minimum absolute atomic E-state index is 0.169. The van der Waals surface area contributed by atoms with E-state index in [2.05, 4.69) is 34.6 Å². The highest BCUT2D eigenvalue weighted by Gasteiger charge is 2.63. The van der Waals surface area contributed by atoms with Crippen LogP contribution in [0.2, 0.25) is 0 Å². The maximum atomic E-state index is 12.0. The van der Waals surface area contributed by atoms with Gasteiger partial charge in [0.15, 0.2) is 0 Å². The fourth-order valence-electron chi connectivity index (χ4n) is 9.99. The Balaban J connectivity index is 1.50. The Bertz CT molecular complexity index is 776. The Hall–Kier alpha value is -1.06. The van der Waals surface area contributed by atoms with Crippen LogP contribution in [0.4, 0.5) is 0 Å². The molecule has 200 valence electrons. The van der Waals surface area contributed by atoms with Crippen LogP contribution < -0.4 is 0 Å². The molecule has 0 heterocycles. The third-order valence-corrected chi connectivity index (χ3v) is 11.5. The summed E-state index contributed by atoms with van der Waals surface area (Å²) in [5.41, 5.74) is 0.661. The maximum Gasteiger partial charge on any atom is 0.303 e. The van der Waals surface area contributed by atoms with Crippen molar-refractivity contribution in [1.29, 1.82) is 0 Å². The van der Waals surface area contributed by atoms with E-state index in [0.717, 1.165) is 48.9 Å². The molecule has 35 heavy (non-hydrogen) atoms. The summed E-state index contributed by atoms with van der Waals surface area (Å²) < 4.78 is 11.6. The minimum Gasteiger partial charge on any atom is -0.459 e. The lowest BCUT2D eigenvalue weighted by molar-refractivity contribution is -0.205. The van der Waals surface area contributed by atoms with Gasteiger partial charge in [0.1, 0.15) is 12.2 Å². The SMILES string of the molecule is CC(=O)O[C@H]1[C@H](OC(C)=O)CC[C@]2(C)[C@@H]3CC[C@]4(C)[C@H](CC[C@@H]4[C@H](C)CCCC(C)C)[C@H]3CC[C@@H]12. The van der Waals surface area contributed by atoms with Gasteiger partial charge in [-0.2, -0.15) is 0 Å². The van der Waals surface area contributed by atoms with Gasteiger partial charge in [-0.15, -0.1) is 0 Å². The van der Waals surface area contributed by atoms with Crippen molar-refractivity contribution >= 4 is 11.9 Å². The van der Waals surface area contributed by atoms with E-state index in [9.17, 15) is 9.59 Å². The van der Waals surface area contributed by atoms with E-state index in [4.69, 9.17) is 9.47 Å². The average molecular weight is 489 g/mol. The molecule has 0 aliphatic heterocycles. The van der Waals surface area contributed by atoms with Crippen molar-refractivity contribution in [1.82, 2.24) is 0 Å². The van der Waals surface area contributed by atoms with Gasteiger partial charge < -0.3 is 9.47 Å². The zero-order valence-electron chi connectivity index (χ0n) is 23.6. The van der Waals surface area contributed by atoms with Crippen molar-refractivity contribution in [2.75, 3.05) is 0 Å². The molecule has 0 N–H and O–H groups in total. The Morgan fingerprint density at radius 3 is 2.06 bits per heavy atom. The summed E-state index contributed by atoms with van der Waals surface area (Å²) in [7, 11) is 0. The monoisotopic (exact) mass is 488 g/mol. The van der Waals surface area contributed by atoms with Gasteiger partial charge in [-0.05, 0) is 97.7 Å². The standard InChI is InChI=1S/C31H52O4/c1-19(2)9-8-10-20(3)24-13-14-25-23-11-12-27-29(35-22(5)33)28(34-21(4)32)16-18-31(27,7)26(23)15-17-30(24,25)6/h19-20,23-29H,8-18H2,1-7H3/t20-,23-,24-,25-,26-,27+,28-,29-,30+,31-/m1/s1. The largest absolute Gasteiger partial charge is 0.459 e. The fourth-order valence-corrected chi connectivity index (χ4v) is 9.99. The molecule has 0 aromatic rings. The molecule has 4 heteroatoms. The molecule has 0 bridgehead atoms. The molecule has 0 unspecified atom stereocenters. The summed E-state index contributed by atoms with van der Waals surface area (Å²) >= 11 is 0. The van der Waals surface area contributed by atoms with Crippen LogP contribution in [0.5, 0.6) is 0 Å². The third-order valence-electron chi connectivity index (χ3n) is 11.5. The Kier molecular flexibility index (Phi) is 7.99. The lowest BCUT2D eigenvalue weighted by atomic mass is 9.44. The maximum absolute atomic E-state index is 12.0. The fraction of sp³-hybridized carbons (Fsp3) is 0.935. The predicted molar refractivity (Wildman–Crippen MR) is 140 cm³/mol. The van der Waals surface area contributed by atoms with Gasteiger partial charge in [0.2, 0.25) is 0 Å². The molecule has 0 aromatic heterocycles. The number of carbonyl (C=O) groups is 2. The highest BCUT2D eigenvalue weighted by atomic mass is 16.6. The van der Waals surface area contributed by atoms with Gasteiger partial charge in [0.05, 0.1) is 0 Å². The van der Waals surface area contributed by atoms with Crippen LogP contribution in [0.3, 0.4) is 0 Å². The quantitative estimate of drug-likeness (QED) is 0.347. The summed E-state index contributed by atoms with van der Waals surface area (Å²) in [5, 5.41) is 0. The van der Waals surface area contributed by atoms with Gasteiger partial charge in [-0.1, -0.05) is 53.9 Å². The molecule has 4 aliphatic rings. The molecule has 10 atom stereocenters. The van der Waals surface area contributed by atoms with Crippen LogP contribution in [0.1, 0.15) is 119 Å². The van der Waals surface area contributed by atoms with Crippen molar-refractivity contribution in [3.8, 4) is 0 Å². The first-order valence-electron chi connectivity index (χ1n) is 14.8. The van der Waals surface area contributed by atoms with Gasteiger partial charge >= 0.3 is 11.9 Å². The van der Waals surface area contributed by atoms with Gasteiger partial charge in [-0.25, -0.2) is 0 Å². The normalized spacial score (nSPS) is 43.6. The highest BCUT2D eigenvalue weighted by molar-refractivity contribution is 5.67. The Labute approximate surface area is 214 Å². The molecule has 4 rings (SSSR count). The Morgan fingerprint density at radius 1 is 0.771 bits per heavy atom. The van der Waals surface area contributed by atoms with Crippen molar-refractivity contribution in [2.24, 2.45) is 52.3 Å². The summed E-state index contributed by atoms with van der Waals surface area (Å²) in [4.78, 5) is 23.8. The number of rotatable bonds is 7. The topological polar surface area (TPSA) is 52.6 Å². The highest BCUT2D eigenvalue weighted by Crippen LogP contribution is 2.68. The molecule has 4 fully saturated rings. The lowest BCUT2D eigenvalue weighted by Crippen LogP contribution is -2.59. The van der Waals surface area contributed by atoms with Crippen molar-refractivity contribution in [3.63, 3.8) is 0 Å². The minimum atomic E-state index is -0.290. The molecule has 0 spiro atoms. The Morgan fingerprint density at radius 2 is 1.40 bits per heavy atom. The van der Waals surface area contributed by atoms with Gasteiger partial charge in [0.25, 0.3) is 0 Å². The number of hydrogen-bond donors (Lipinski definition) is 0. The summed E-state index contributed by atoms with van der Waals surface area (Å²) in [6.07, 6.45) is 13.2. The summed E-state index contributed by atoms with van der Waals surface area (Å²) in [5.74, 6) is 4.64. The van der Waals surface area contributed by atoms with Gasteiger partial charge in [0, 0.05) is 19.8 Å². The number of hydrogen-bond acceptors (Lipinski definition) is 4. The number of carbonyl (C=O) groups excluding carboxylic acids is 2. The van der Waals surface area contributed by atoms with E-state index in [1.807, 2.05) is 0 Å². The van der Waals surface area contributed by atoms with E-state index in [-0.39, 0.29) is 29.6 Å². The van der Waals surface area contributed by atoms with E-state index in [1.165, 1.54) is 65.2 Å². The molecule has 0 aromatic carbocycles. The second-order valence-corrected chi connectivity index (χ2v) is 13.9. The first-order chi connectivity index (χ1) is 16.5. The number of ether oxygens (including phenoxy) is 2. The van der Waals surface area contributed by atoms with Crippen LogP contribution >= 0.6 is 0 Å². The zero-order chi connectivity index (χ0) is 25.5. The second kappa shape index (κ2) is 10.4. The predicted octanol–water partition coefficient (Wildman–Crippen LogP) is 7.58. The van der Waals surface area contributed by atoms with E-state index < -0.39 is 0 Å². The molecule has 4 nitrogen and oxygen atoms in total. The smallest absolute Gasteiger partial charge is 0.303 e. The zero-order valence-corrected chi connectivity index (χ0v) is 23.6. The molecule has 0 saturated heterocycles. The summed E-state index contributed by atoms with van der Waals surface area (Å²) in [6.45, 7) is 15.3. The van der Waals surface area contributed by atoms with Crippen molar-refractivity contribution in [2.45, 2.75) is 131 Å². The summed E-state index contributed by atoms with van der Waals surface area (Å²) in [6, 6.07) is 0. The lowest BCUT2D eigenvalue weighted by Gasteiger charge is -2.62. The first kappa shape index (κ1) is 27.0. The third kappa shape index (κ3) is 5.06. The van der Waals surface area contributed by atoms with Crippen LogP contribution in [0.15, 0.2) is 0 Å². The van der Waals surface area contributed by atoms with Crippen LogP contribution in [0.25, 0.3) is 0 Å². The van der Waals surface area contributed by atoms with Gasteiger partial charge in [-0.3, -0.25) is 9.59 Å². The average Bonchev–Trinajstić information content (AvgIpc) is 3.12. The molecule has 0 radical (unpaired) electrons. The first-order valence-corrected chi connectivity index (χ1v) is 14.8. The van der Waals surface area contributed by atoms with Crippen LogP contribution in [-0.4, -0.2) is 24.1 Å². The molecule has 0 amide bonds. The van der Waals surface area contributed by atoms with E-state index in [1.54, 1.807) is 0 Å². The molecular formula is C31H52O4. The number of fused-ring (bicyclic) bond motifs is 5. The van der Waals surface area contributed by atoms with Crippen LogP contribution in [-0.2, 0) is 19.1 Å². The van der Waals surface area contributed by atoms with E-state index >= 15 is 0 Å². The van der Waals surface area contributed by atoms with Crippen molar-refractivity contribution < 1.29 is 19.1 Å². The molecule has 4 saturated carbocycles. The second-order valence-electron chi connectivity index (χ2n) is 13.9. The van der Waals surface area contributed by atoms with Crippen LogP contribution in [0, 0.1) is 52.3 Å². The number of esters is 2. The van der Waals surface area contributed by atoms with E-state index in [0.29, 0.717) is 17.3 Å².